The van der Waals surface area contributed by atoms with Crippen molar-refractivity contribution in [3.63, 3.8) is 0 Å². The van der Waals surface area contributed by atoms with Gasteiger partial charge in [0.1, 0.15) is 23.5 Å². The van der Waals surface area contributed by atoms with Crippen LogP contribution in [0.25, 0.3) is 22.3 Å². The minimum absolute atomic E-state index is 0.502. The first-order chi connectivity index (χ1) is 14.3. The summed E-state index contributed by atoms with van der Waals surface area (Å²) in [5, 5.41) is 5.89. The summed E-state index contributed by atoms with van der Waals surface area (Å²) >= 11 is 0. The summed E-state index contributed by atoms with van der Waals surface area (Å²) in [6, 6.07) is 18.3. The van der Waals surface area contributed by atoms with Crippen LogP contribution >= 0.6 is 0 Å². The largest absolute Gasteiger partial charge is 0.457 e. The number of hydrogen-bond donors (Lipinski definition) is 0. The molecule has 1 aliphatic rings. The van der Waals surface area contributed by atoms with Gasteiger partial charge in [-0.3, -0.25) is 0 Å². The van der Waals surface area contributed by atoms with Crippen LogP contribution in [0.4, 0.5) is 0 Å². The SMILES string of the molecule is CN1CCCC1Cn1nc(-c2ccc(Oc3ccccc3)cc2)c2cncnc21. The van der Waals surface area contributed by atoms with Crippen LogP contribution in [0.5, 0.6) is 11.5 Å². The van der Waals surface area contributed by atoms with E-state index >= 15 is 0 Å². The maximum absolute atomic E-state index is 5.91. The summed E-state index contributed by atoms with van der Waals surface area (Å²) < 4.78 is 7.94. The Bertz CT molecular complexity index is 1110. The molecule has 0 spiro atoms. The number of likely N-dealkylation sites (tertiary alicyclic amines) is 1. The highest BCUT2D eigenvalue weighted by molar-refractivity contribution is 5.90. The van der Waals surface area contributed by atoms with E-state index in [1.54, 1.807) is 6.33 Å². The van der Waals surface area contributed by atoms with E-state index in [2.05, 4.69) is 21.9 Å². The van der Waals surface area contributed by atoms with E-state index in [-0.39, 0.29) is 0 Å². The van der Waals surface area contributed by atoms with Crippen LogP contribution < -0.4 is 4.74 Å². The fourth-order valence-electron chi connectivity index (χ4n) is 3.97. The summed E-state index contributed by atoms with van der Waals surface area (Å²) in [6.45, 7) is 1.99. The number of likely N-dealkylation sites (N-methyl/N-ethyl adjacent to an activating group) is 1. The maximum atomic E-state index is 5.91. The van der Waals surface area contributed by atoms with Crippen molar-refractivity contribution in [2.45, 2.75) is 25.4 Å². The molecule has 0 aliphatic carbocycles. The van der Waals surface area contributed by atoms with Crippen molar-refractivity contribution in [3.05, 3.63) is 67.1 Å². The van der Waals surface area contributed by atoms with Gasteiger partial charge in [0.15, 0.2) is 5.65 Å². The van der Waals surface area contributed by atoms with Gasteiger partial charge in [0.25, 0.3) is 0 Å². The van der Waals surface area contributed by atoms with Gasteiger partial charge >= 0.3 is 0 Å². The predicted molar refractivity (Wildman–Crippen MR) is 113 cm³/mol. The molecule has 5 rings (SSSR count). The lowest BCUT2D eigenvalue weighted by Gasteiger charge is -2.19. The van der Waals surface area contributed by atoms with Gasteiger partial charge in [0, 0.05) is 17.8 Å². The third-order valence-corrected chi connectivity index (χ3v) is 5.57. The first-order valence-corrected chi connectivity index (χ1v) is 9.98. The van der Waals surface area contributed by atoms with Gasteiger partial charge < -0.3 is 9.64 Å². The molecule has 1 aliphatic heterocycles. The zero-order valence-electron chi connectivity index (χ0n) is 16.4. The van der Waals surface area contributed by atoms with Crippen LogP contribution in [-0.2, 0) is 6.54 Å². The molecule has 1 atom stereocenters. The number of aromatic nitrogens is 4. The van der Waals surface area contributed by atoms with Crippen LogP contribution in [0.2, 0.25) is 0 Å². The molecule has 1 unspecified atom stereocenters. The molecular weight excluding hydrogens is 362 g/mol. The van der Waals surface area contributed by atoms with Crippen LogP contribution in [-0.4, -0.2) is 44.3 Å². The lowest BCUT2D eigenvalue weighted by molar-refractivity contribution is 0.277. The second-order valence-corrected chi connectivity index (χ2v) is 7.51. The lowest BCUT2D eigenvalue weighted by atomic mass is 10.1. The Hall–Kier alpha value is -3.25. The average molecular weight is 385 g/mol. The van der Waals surface area contributed by atoms with E-state index in [9.17, 15) is 0 Å². The number of rotatable bonds is 5. The summed E-state index contributed by atoms with van der Waals surface area (Å²) in [5.41, 5.74) is 2.83. The number of benzene rings is 2. The Morgan fingerprint density at radius 3 is 2.59 bits per heavy atom. The van der Waals surface area contributed by atoms with Crippen molar-refractivity contribution in [3.8, 4) is 22.8 Å². The fraction of sp³-hybridized carbons (Fsp3) is 0.261. The van der Waals surface area contributed by atoms with Gasteiger partial charge in [-0.1, -0.05) is 18.2 Å². The van der Waals surface area contributed by atoms with Gasteiger partial charge in [-0.05, 0) is 62.8 Å². The average Bonchev–Trinajstić information content (AvgIpc) is 3.34. The zero-order valence-corrected chi connectivity index (χ0v) is 16.4. The van der Waals surface area contributed by atoms with Gasteiger partial charge in [0.05, 0.1) is 11.9 Å². The monoisotopic (exact) mass is 385 g/mol. The third-order valence-electron chi connectivity index (χ3n) is 5.57. The van der Waals surface area contributed by atoms with Crippen LogP contribution in [0.3, 0.4) is 0 Å². The van der Waals surface area contributed by atoms with Crippen molar-refractivity contribution in [1.82, 2.24) is 24.6 Å². The maximum Gasteiger partial charge on any atom is 0.161 e. The Kier molecular flexibility index (Phi) is 4.69. The number of ether oxygens (including phenoxy) is 1. The normalized spacial score (nSPS) is 17.1. The molecular formula is C23H23N5O. The highest BCUT2D eigenvalue weighted by Gasteiger charge is 2.23. The number of hydrogen-bond acceptors (Lipinski definition) is 5. The Balaban J connectivity index is 1.45. The molecule has 0 amide bonds. The molecule has 146 valence electrons. The molecule has 0 saturated carbocycles. The number of fused-ring (bicyclic) bond motifs is 1. The smallest absolute Gasteiger partial charge is 0.161 e. The van der Waals surface area contributed by atoms with Crippen molar-refractivity contribution in [1.29, 1.82) is 0 Å². The zero-order chi connectivity index (χ0) is 19.6. The number of nitrogens with zero attached hydrogens (tertiary/aromatic N) is 5. The molecule has 6 heteroatoms. The fourth-order valence-corrected chi connectivity index (χ4v) is 3.97. The first-order valence-electron chi connectivity index (χ1n) is 9.98. The molecule has 0 radical (unpaired) electrons. The molecule has 2 aromatic carbocycles. The number of para-hydroxylation sites is 1. The standard InChI is InChI=1S/C23H23N5O/c1-27-13-5-6-18(27)15-28-23-21(14-24-16-25-23)22(26-28)17-9-11-20(12-10-17)29-19-7-3-2-4-8-19/h2-4,7-12,14,16,18H,5-6,13,15H2,1H3. The van der Waals surface area contributed by atoms with Gasteiger partial charge in [-0.2, -0.15) is 5.10 Å². The second-order valence-electron chi connectivity index (χ2n) is 7.51. The van der Waals surface area contributed by atoms with Crippen LogP contribution in [0.15, 0.2) is 67.1 Å². The molecule has 4 aromatic rings. The van der Waals surface area contributed by atoms with E-state index in [4.69, 9.17) is 9.84 Å². The summed E-state index contributed by atoms with van der Waals surface area (Å²) in [6.07, 6.45) is 5.89. The minimum atomic E-state index is 0.502. The summed E-state index contributed by atoms with van der Waals surface area (Å²) in [4.78, 5) is 11.2. The summed E-state index contributed by atoms with van der Waals surface area (Å²) in [5.74, 6) is 1.62. The molecule has 1 saturated heterocycles. The van der Waals surface area contributed by atoms with Crippen molar-refractivity contribution >= 4 is 11.0 Å². The first kappa shape index (κ1) is 17.8. The van der Waals surface area contributed by atoms with E-state index < -0.39 is 0 Å². The Morgan fingerprint density at radius 1 is 1.03 bits per heavy atom. The van der Waals surface area contributed by atoms with E-state index in [1.807, 2.05) is 65.5 Å². The van der Waals surface area contributed by atoms with Crippen LogP contribution in [0.1, 0.15) is 12.8 Å². The minimum Gasteiger partial charge on any atom is -0.457 e. The highest BCUT2D eigenvalue weighted by atomic mass is 16.5. The molecule has 1 fully saturated rings. The molecule has 6 nitrogen and oxygen atoms in total. The molecule has 2 aromatic heterocycles. The quantitative estimate of drug-likeness (QED) is 0.510. The Morgan fingerprint density at radius 2 is 1.83 bits per heavy atom. The van der Waals surface area contributed by atoms with Crippen molar-refractivity contribution < 1.29 is 4.74 Å². The predicted octanol–water partition coefficient (Wildman–Crippen LogP) is 4.38. The van der Waals surface area contributed by atoms with Gasteiger partial charge in [-0.15, -0.1) is 0 Å². The second kappa shape index (κ2) is 7.64. The van der Waals surface area contributed by atoms with Crippen molar-refractivity contribution in [2.24, 2.45) is 0 Å². The van der Waals surface area contributed by atoms with E-state index in [0.29, 0.717) is 6.04 Å². The lowest BCUT2D eigenvalue weighted by Crippen LogP contribution is -2.29. The van der Waals surface area contributed by atoms with Crippen LogP contribution in [0, 0.1) is 0 Å². The van der Waals surface area contributed by atoms with Gasteiger partial charge in [-0.25, -0.2) is 14.6 Å². The summed E-state index contributed by atoms with van der Waals surface area (Å²) in [7, 11) is 2.19. The topological polar surface area (TPSA) is 56.1 Å². The van der Waals surface area contributed by atoms with Gasteiger partial charge in [0.2, 0.25) is 0 Å². The highest BCUT2D eigenvalue weighted by Crippen LogP contribution is 2.30. The Labute approximate surface area is 169 Å². The third kappa shape index (κ3) is 3.59. The molecule has 0 bridgehead atoms. The van der Waals surface area contributed by atoms with E-state index in [1.165, 1.54) is 12.8 Å². The van der Waals surface area contributed by atoms with Crippen molar-refractivity contribution in [2.75, 3.05) is 13.6 Å². The molecule has 0 N–H and O–H groups in total. The van der Waals surface area contributed by atoms with E-state index in [0.717, 1.165) is 46.9 Å². The molecule has 3 heterocycles. The molecule has 29 heavy (non-hydrogen) atoms.